The predicted octanol–water partition coefficient (Wildman–Crippen LogP) is 2.67. The summed E-state index contributed by atoms with van der Waals surface area (Å²) in [6, 6.07) is 9.52. The SMILES string of the molecule is Cc1c(OS(=O)(=O)C(F)(F)F)c2c(=O)n(Cc3ccc(CO)cc3)c(=O)n(-c3ccc(I)cc3F)c2n(C)c1=O. The molecule has 1 N–H and O–H groups in total. The van der Waals surface area contributed by atoms with Gasteiger partial charge in [0, 0.05) is 10.6 Å². The number of hydrogen-bond donors (Lipinski definition) is 1. The minimum atomic E-state index is -6.37. The van der Waals surface area contributed by atoms with Gasteiger partial charge in [-0.05, 0) is 58.8 Å². The van der Waals surface area contributed by atoms with Gasteiger partial charge in [0.25, 0.3) is 11.1 Å². The quantitative estimate of drug-likeness (QED) is 0.142. The molecular weight excluding hydrogens is 677 g/mol. The van der Waals surface area contributed by atoms with Gasteiger partial charge < -0.3 is 9.29 Å². The smallest absolute Gasteiger partial charge is 0.392 e. The molecule has 0 aliphatic carbocycles. The number of fused-ring (bicyclic) bond motifs is 1. The van der Waals surface area contributed by atoms with Gasteiger partial charge in [-0.15, -0.1) is 0 Å². The molecule has 2 aromatic carbocycles. The van der Waals surface area contributed by atoms with Gasteiger partial charge in [0.05, 0.1) is 24.4 Å². The Morgan fingerprint density at radius 2 is 1.60 bits per heavy atom. The lowest BCUT2D eigenvalue weighted by Crippen LogP contribution is -2.43. The first kappa shape index (κ1) is 29.5. The summed E-state index contributed by atoms with van der Waals surface area (Å²) in [7, 11) is -5.29. The number of aryl methyl sites for hydroxylation is 1. The van der Waals surface area contributed by atoms with E-state index >= 15 is 4.39 Å². The van der Waals surface area contributed by atoms with Crippen molar-refractivity contribution in [1.29, 1.82) is 0 Å². The summed E-state index contributed by atoms with van der Waals surface area (Å²) in [5.74, 6) is -2.23. The predicted molar refractivity (Wildman–Crippen MR) is 144 cm³/mol. The van der Waals surface area contributed by atoms with Crippen LogP contribution in [-0.4, -0.2) is 32.7 Å². The molecule has 0 radical (unpaired) electrons. The Morgan fingerprint density at radius 1 is 1.00 bits per heavy atom. The Morgan fingerprint density at radius 3 is 2.15 bits per heavy atom. The Labute approximate surface area is 235 Å². The van der Waals surface area contributed by atoms with Crippen LogP contribution in [0.15, 0.2) is 56.8 Å². The first-order valence-electron chi connectivity index (χ1n) is 11.1. The normalized spacial score (nSPS) is 12.2. The highest BCUT2D eigenvalue weighted by Gasteiger charge is 2.49. The largest absolute Gasteiger partial charge is 0.534 e. The van der Waals surface area contributed by atoms with Crippen molar-refractivity contribution in [2.75, 3.05) is 0 Å². The molecule has 40 heavy (non-hydrogen) atoms. The van der Waals surface area contributed by atoms with Crippen LogP contribution in [0.1, 0.15) is 16.7 Å². The molecule has 0 atom stereocenters. The second kappa shape index (κ2) is 10.5. The zero-order valence-electron chi connectivity index (χ0n) is 20.5. The maximum absolute atomic E-state index is 15.2. The number of aromatic nitrogens is 3. The number of halogens is 5. The number of aliphatic hydroxyl groups excluding tert-OH is 1. The van der Waals surface area contributed by atoms with E-state index in [0.29, 0.717) is 23.8 Å². The zero-order valence-corrected chi connectivity index (χ0v) is 23.5. The lowest BCUT2D eigenvalue weighted by Gasteiger charge is -2.20. The average molecular weight is 695 g/mol. The summed E-state index contributed by atoms with van der Waals surface area (Å²) >= 11 is 1.80. The number of nitrogens with zero attached hydrogens (tertiary/aromatic N) is 3. The van der Waals surface area contributed by atoms with Crippen LogP contribution in [-0.2, 0) is 30.3 Å². The average Bonchev–Trinajstić information content (AvgIpc) is 2.88. The number of aliphatic hydroxyl groups is 1. The van der Waals surface area contributed by atoms with Crippen LogP contribution in [0.2, 0.25) is 0 Å². The van der Waals surface area contributed by atoms with Crippen LogP contribution in [0.5, 0.6) is 5.75 Å². The minimum Gasteiger partial charge on any atom is -0.392 e. The topological polar surface area (TPSA) is 130 Å². The maximum Gasteiger partial charge on any atom is 0.534 e. The van der Waals surface area contributed by atoms with Crippen molar-refractivity contribution in [3.8, 4) is 11.4 Å². The molecule has 212 valence electrons. The Balaban J connectivity index is 2.21. The van der Waals surface area contributed by atoms with Gasteiger partial charge in [0.15, 0.2) is 5.75 Å². The Bertz CT molecular complexity index is 1950. The highest BCUT2D eigenvalue weighted by atomic mass is 127. The lowest BCUT2D eigenvalue weighted by atomic mass is 10.1. The van der Waals surface area contributed by atoms with Gasteiger partial charge in [-0.1, -0.05) is 24.3 Å². The Hall–Kier alpha value is -3.51. The number of benzene rings is 2. The van der Waals surface area contributed by atoms with Crippen LogP contribution >= 0.6 is 22.6 Å². The van der Waals surface area contributed by atoms with Crippen LogP contribution in [0, 0.1) is 16.3 Å². The van der Waals surface area contributed by atoms with Crippen molar-refractivity contribution in [3.05, 3.63) is 99.7 Å². The molecule has 0 aliphatic rings. The van der Waals surface area contributed by atoms with Gasteiger partial charge in [-0.3, -0.25) is 18.7 Å². The summed E-state index contributed by atoms with van der Waals surface area (Å²) in [5.41, 5.74) is -10.5. The third-order valence-electron chi connectivity index (χ3n) is 6.00. The first-order chi connectivity index (χ1) is 18.6. The van der Waals surface area contributed by atoms with E-state index in [0.717, 1.165) is 30.7 Å². The van der Waals surface area contributed by atoms with E-state index in [1.807, 2.05) is 0 Å². The van der Waals surface area contributed by atoms with E-state index in [1.165, 1.54) is 30.3 Å². The van der Waals surface area contributed by atoms with Crippen molar-refractivity contribution in [3.63, 3.8) is 0 Å². The zero-order chi connectivity index (χ0) is 29.7. The molecule has 4 aromatic rings. The number of alkyl halides is 3. The fourth-order valence-electron chi connectivity index (χ4n) is 4.00. The summed E-state index contributed by atoms with van der Waals surface area (Å²) in [6.45, 7) is 0.163. The molecule has 0 amide bonds. The third kappa shape index (κ3) is 5.05. The van der Waals surface area contributed by atoms with Crippen molar-refractivity contribution in [2.45, 2.75) is 25.6 Å². The van der Waals surface area contributed by atoms with Crippen molar-refractivity contribution in [1.82, 2.24) is 13.7 Å². The molecule has 0 fully saturated rings. The van der Waals surface area contributed by atoms with Crippen LogP contribution in [0.25, 0.3) is 16.7 Å². The molecule has 0 bridgehead atoms. The lowest BCUT2D eigenvalue weighted by molar-refractivity contribution is -0.0499. The molecular formula is C24H18F4IN3O7S. The summed E-state index contributed by atoms with van der Waals surface area (Å²) in [5, 5.41) is 8.39. The molecule has 10 nitrogen and oxygen atoms in total. The maximum atomic E-state index is 15.2. The van der Waals surface area contributed by atoms with Gasteiger partial charge >= 0.3 is 21.3 Å². The molecule has 0 unspecified atom stereocenters. The standard InChI is InChI=1S/C24H18F4IN3O7S/c1-12-19(39-40(37,38)24(26,27)28)18-20(30(2)21(12)34)32(17-8-7-15(29)9-16(17)25)23(36)31(22(18)35)10-13-3-5-14(11-33)6-4-13/h3-9,33H,10-11H2,1-2H3. The second-order valence-electron chi connectivity index (χ2n) is 8.58. The van der Waals surface area contributed by atoms with E-state index in [4.69, 9.17) is 0 Å². The highest BCUT2D eigenvalue weighted by Crippen LogP contribution is 2.32. The Kier molecular flexibility index (Phi) is 7.72. The van der Waals surface area contributed by atoms with Crippen molar-refractivity contribution < 1.29 is 35.3 Å². The van der Waals surface area contributed by atoms with Crippen LogP contribution in [0.4, 0.5) is 17.6 Å². The van der Waals surface area contributed by atoms with Crippen LogP contribution in [0.3, 0.4) is 0 Å². The summed E-state index contributed by atoms with van der Waals surface area (Å²) < 4.78 is 85.5. The van der Waals surface area contributed by atoms with Gasteiger partial charge in [0.2, 0.25) is 0 Å². The van der Waals surface area contributed by atoms with Gasteiger partial charge in [0.1, 0.15) is 16.9 Å². The van der Waals surface area contributed by atoms with E-state index in [-0.39, 0.29) is 6.61 Å². The van der Waals surface area contributed by atoms with E-state index < -0.39 is 72.8 Å². The highest BCUT2D eigenvalue weighted by molar-refractivity contribution is 14.1. The monoisotopic (exact) mass is 695 g/mol. The molecule has 16 heteroatoms. The number of hydrogen-bond acceptors (Lipinski definition) is 7. The fraction of sp³-hybridized carbons (Fsp3) is 0.208. The minimum absolute atomic E-state index is 0.295. The van der Waals surface area contributed by atoms with E-state index in [1.54, 1.807) is 22.6 Å². The van der Waals surface area contributed by atoms with Crippen LogP contribution < -0.4 is 21.0 Å². The molecule has 2 aromatic heterocycles. The van der Waals surface area contributed by atoms with E-state index in [9.17, 15) is 41.1 Å². The van der Waals surface area contributed by atoms with Gasteiger partial charge in [-0.2, -0.15) is 21.6 Å². The van der Waals surface area contributed by atoms with E-state index in [2.05, 4.69) is 4.18 Å². The molecule has 4 rings (SSSR count). The number of pyridine rings is 1. The molecule has 0 saturated heterocycles. The summed E-state index contributed by atoms with van der Waals surface area (Å²) in [6.07, 6.45) is 0. The molecule has 0 saturated carbocycles. The van der Waals surface area contributed by atoms with Crippen molar-refractivity contribution >= 4 is 43.7 Å². The summed E-state index contributed by atoms with van der Waals surface area (Å²) in [4.78, 5) is 40.4. The number of rotatable bonds is 6. The van der Waals surface area contributed by atoms with Gasteiger partial charge in [-0.25, -0.2) is 13.8 Å². The molecule has 2 heterocycles. The molecule has 0 aliphatic heterocycles. The molecule has 0 spiro atoms. The fourth-order valence-corrected chi connectivity index (χ4v) is 4.98. The first-order valence-corrected chi connectivity index (χ1v) is 13.6. The third-order valence-corrected chi connectivity index (χ3v) is 7.62. The van der Waals surface area contributed by atoms with Crippen molar-refractivity contribution in [2.24, 2.45) is 7.05 Å². The second-order valence-corrected chi connectivity index (χ2v) is 11.4.